The van der Waals surface area contributed by atoms with E-state index in [1.165, 1.54) is 17.5 Å². The van der Waals surface area contributed by atoms with Crippen molar-refractivity contribution in [1.29, 1.82) is 0 Å². The van der Waals surface area contributed by atoms with Gasteiger partial charge in [-0.2, -0.15) is 0 Å². The van der Waals surface area contributed by atoms with Crippen LogP contribution in [-0.2, 0) is 23.7 Å². The SMILES string of the molecule is COCCOCCOCCOC(=O)c1cn(-c2nccs2)c2nc(N3CC(C=O)C3)cc(C)c2c1=O. The first kappa shape index (κ1) is 25.9. The van der Waals surface area contributed by atoms with Crippen LogP contribution in [0.5, 0.6) is 0 Å². The monoisotopic (exact) mass is 516 g/mol. The van der Waals surface area contributed by atoms with Gasteiger partial charge in [-0.1, -0.05) is 0 Å². The molecule has 0 bridgehead atoms. The Labute approximate surface area is 211 Å². The summed E-state index contributed by atoms with van der Waals surface area (Å²) in [6.45, 7) is 4.88. The van der Waals surface area contributed by atoms with E-state index in [1.54, 1.807) is 36.2 Å². The Morgan fingerprint density at radius 2 is 1.89 bits per heavy atom. The minimum absolute atomic E-state index is 0.00530. The average Bonchev–Trinajstić information content (AvgIpc) is 3.37. The second-order valence-corrected chi connectivity index (χ2v) is 9.08. The third-order valence-electron chi connectivity index (χ3n) is 5.68. The second kappa shape index (κ2) is 12.2. The first-order valence-electron chi connectivity index (χ1n) is 11.5. The molecule has 4 rings (SSSR count). The van der Waals surface area contributed by atoms with Crippen LogP contribution in [0.2, 0.25) is 0 Å². The highest BCUT2D eigenvalue weighted by molar-refractivity contribution is 7.12. The van der Waals surface area contributed by atoms with Gasteiger partial charge in [0.2, 0.25) is 5.43 Å². The topological polar surface area (TPSA) is 122 Å². The Bertz CT molecular complexity index is 1260. The van der Waals surface area contributed by atoms with Crippen molar-refractivity contribution in [3.8, 4) is 5.13 Å². The van der Waals surface area contributed by atoms with Crippen LogP contribution in [0, 0.1) is 12.8 Å². The molecule has 0 N–H and O–H groups in total. The molecule has 0 saturated carbocycles. The minimum Gasteiger partial charge on any atom is -0.459 e. The molecule has 3 aromatic rings. The Hall–Kier alpha value is -3.19. The number of aldehydes is 1. The number of methoxy groups -OCH3 is 1. The molecule has 0 atom stereocenters. The summed E-state index contributed by atoms with van der Waals surface area (Å²) in [7, 11) is 1.60. The molecule has 192 valence electrons. The lowest BCUT2D eigenvalue weighted by atomic mass is 10.0. The standard InChI is InChI=1S/C24H28N4O7S/c1-16-11-19(27-12-17(13-27)15-29)26-22-20(16)21(30)18(14-28(22)24-25-3-10-36-24)23(31)35-9-8-34-7-6-33-5-4-32-2/h3,10-11,14-15,17H,4-9,12-13H2,1-2H3. The first-order valence-corrected chi connectivity index (χ1v) is 12.4. The summed E-state index contributed by atoms with van der Waals surface area (Å²) in [4.78, 5) is 48.2. The van der Waals surface area contributed by atoms with E-state index >= 15 is 0 Å². The number of hydrogen-bond acceptors (Lipinski definition) is 11. The molecule has 3 aromatic heterocycles. The number of thiazole rings is 1. The van der Waals surface area contributed by atoms with Crippen molar-refractivity contribution in [2.45, 2.75) is 6.92 Å². The van der Waals surface area contributed by atoms with E-state index in [1.807, 2.05) is 4.90 Å². The zero-order chi connectivity index (χ0) is 25.5. The van der Waals surface area contributed by atoms with Gasteiger partial charge in [-0.25, -0.2) is 14.8 Å². The van der Waals surface area contributed by atoms with Crippen molar-refractivity contribution in [2.75, 3.05) is 64.7 Å². The largest absolute Gasteiger partial charge is 0.459 e. The molecule has 0 spiro atoms. The molecule has 0 amide bonds. The van der Waals surface area contributed by atoms with E-state index in [0.29, 0.717) is 67.1 Å². The van der Waals surface area contributed by atoms with Gasteiger partial charge in [-0.3, -0.25) is 9.36 Å². The van der Waals surface area contributed by atoms with Crippen molar-refractivity contribution in [3.05, 3.63) is 45.2 Å². The van der Waals surface area contributed by atoms with Crippen LogP contribution in [0.3, 0.4) is 0 Å². The van der Waals surface area contributed by atoms with E-state index in [9.17, 15) is 14.4 Å². The van der Waals surface area contributed by atoms with Crippen LogP contribution in [-0.4, -0.2) is 86.6 Å². The molecule has 36 heavy (non-hydrogen) atoms. The number of pyridine rings is 2. The van der Waals surface area contributed by atoms with E-state index in [0.717, 1.165) is 6.29 Å². The maximum Gasteiger partial charge on any atom is 0.343 e. The predicted molar refractivity (Wildman–Crippen MR) is 133 cm³/mol. The molecule has 12 heteroatoms. The number of carbonyl (C=O) groups is 2. The quantitative estimate of drug-likeness (QED) is 0.188. The van der Waals surface area contributed by atoms with Gasteiger partial charge in [-0.05, 0) is 18.6 Å². The van der Waals surface area contributed by atoms with E-state index in [-0.39, 0.29) is 24.7 Å². The highest BCUT2D eigenvalue weighted by atomic mass is 32.1. The number of aromatic nitrogens is 3. The summed E-state index contributed by atoms with van der Waals surface area (Å²) in [6, 6.07) is 1.80. The normalized spacial score (nSPS) is 13.7. The Balaban J connectivity index is 1.52. The van der Waals surface area contributed by atoms with Crippen LogP contribution in [0.25, 0.3) is 16.2 Å². The minimum atomic E-state index is -0.743. The number of anilines is 1. The molecule has 0 radical (unpaired) electrons. The molecule has 1 aliphatic heterocycles. The molecule has 0 aliphatic carbocycles. The van der Waals surface area contributed by atoms with Gasteiger partial charge >= 0.3 is 5.97 Å². The van der Waals surface area contributed by atoms with Crippen LogP contribution < -0.4 is 10.3 Å². The zero-order valence-corrected chi connectivity index (χ0v) is 21.0. The van der Waals surface area contributed by atoms with Crippen molar-refractivity contribution in [1.82, 2.24) is 14.5 Å². The van der Waals surface area contributed by atoms with E-state index in [2.05, 4.69) is 4.98 Å². The van der Waals surface area contributed by atoms with Crippen molar-refractivity contribution >= 4 is 40.4 Å². The van der Waals surface area contributed by atoms with Gasteiger partial charge in [-0.15, -0.1) is 11.3 Å². The first-order chi connectivity index (χ1) is 17.5. The van der Waals surface area contributed by atoms with Crippen LogP contribution in [0.4, 0.5) is 5.82 Å². The van der Waals surface area contributed by atoms with Gasteiger partial charge in [0.1, 0.15) is 24.3 Å². The number of fused-ring (bicyclic) bond motifs is 1. The van der Waals surface area contributed by atoms with Crippen LogP contribution in [0.15, 0.2) is 28.6 Å². The highest BCUT2D eigenvalue weighted by Gasteiger charge is 2.29. The predicted octanol–water partition coefficient (Wildman–Crippen LogP) is 1.62. The van der Waals surface area contributed by atoms with Crippen LogP contribution in [0.1, 0.15) is 15.9 Å². The Morgan fingerprint density at radius 1 is 1.17 bits per heavy atom. The smallest absolute Gasteiger partial charge is 0.343 e. The maximum atomic E-state index is 13.3. The molecule has 1 aliphatic rings. The molecular weight excluding hydrogens is 488 g/mol. The lowest BCUT2D eigenvalue weighted by Crippen LogP contribution is -2.48. The molecule has 0 aromatic carbocycles. The third kappa shape index (κ3) is 5.78. The lowest BCUT2D eigenvalue weighted by molar-refractivity contribution is -0.111. The number of rotatable bonds is 13. The summed E-state index contributed by atoms with van der Waals surface area (Å²) >= 11 is 1.35. The Kier molecular flexibility index (Phi) is 8.75. The van der Waals surface area contributed by atoms with Gasteiger partial charge in [0, 0.05) is 43.9 Å². The highest BCUT2D eigenvalue weighted by Crippen LogP contribution is 2.27. The number of esters is 1. The average molecular weight is 517 g/mol. The summed E-state index contributed by atoms with van der Waals surface area (Å²) < 4.78 is 22.5. The number of hydrogen-bond donors (Lipinski definition) is 0. The van der Waals surface area contributed by atoms with E-state index < -0.39 is 11.4 Å². The van der Waals surface area contributed by atoms with Gasteiger partial charge in [0.15, 0.2) is 10.8 Å². The summed E-state index contributed by atoms with van der Waals surface area (Å²) in [6.07, 6.45) is 4.01. The van der Waals surface area contributed by atoms with Crippen LogP contribution >= 0.6 is 11.3 Å². The molecule has 1 saturated heterocycles. The number of carbonyl (C=O) groups excluding carboxylic acids is 2. The maximum absolute atomic E-state index is 13.3. The number of aryl methyl sites for hydroxylation is 1. The fourth-order valence-electron chi connectivity index (χ4n) is 3.79. The third-order valence-corrected chi connectivity index (χ3v) is 6.45. The molecule has 11 nitrogen and oxygen atoms in total. The number of ether oxygens (including phenoxy) is 4. The van der Waals surface area contributed by atoms with Crippen molar-refractivity contribution in [3.63, 3.8) is 0 Å². The van der Waals surface area contributed by atoms with Crippen molar-refractivity contribution in [2.24, 2.45) is 5.92 Å². The van der Waals surface area contributed by atoms with Crippen molar-refractivity contribution < 1.29 is 28.5 Å². The van der Waals surface area contributed by atoms with E-state index in [4.69, 9.17) is 23.9 Å². The van der Waals surface area contributed by atoms with Gasteiger partial charge in [0.25, 0.3) is 0 Å². The fourth-order valence-corrected chi connectivity index (χ4v) is 4.40. The van der Waals surface area contributed by atoms with Gasteiger partial charge in [0.05, 0.1) is 38.4 Å². The second-order valence-electron chi connectivity index (χ2n) is 8.21. The lowest BCUT2D eigenvalue weighted by Gasteiger charge is -2.37. The molecular formula is C24H28N4O7S. The summed E-state index contributed by atoms with van der Waals surface area (Å²) in [5, 5.41) is 2.68. The number of nitrogens with zero attached hydrogens (tertiary/aromatic N) is 4. The zero-order valence-electron chi connectivity index (χ0n) is 20.2. The summed E-state index contributed by atoms with van der Waals surface area (Å²) in [5.74, 6) is -0.0954. The fraction of sp³-hybridized carbons (Fsp3) is 0.458. The molecule has 0 unspecified atom stereocenters. The van der Waals surface area contributed by atoms with Gasteiger partial charge < -0.3 is 28.6 Å². The summed E-state index contributed by atoms with van der Waals surface area (Å²) in [5.41, 5.74) is 0.503. The molecule has 4 heterocycles. The molecule has 1 fully saturated rings. The Morgan fingerprint density at radius 3 is 2.56 bits per heavy atom.